The molecule has 0 aliphatic carbocycles. The van der Waals surface area contributed by atoms with Crippen LogP contribution in [0.4, 0.5) is 87.8 Å². The average Bonchev–Trinajstić information content (AvgIpc) is 3.28. The van der Waals surface area contributed by atoms with E-state index in [2.05, 4.69) is 38.1 Å². The number of nitrogens with zero attached hydrogens (tertiary/aromatic N) is 1. The van der Waals surface area contributed by atoms with Crippen LogP contribution in [0.15, 0.2) is 60.9 Å². The lowest BCUT2D eigenvalue weighted by Crippen LogP contribution is -2.81. The van der Waals surface area contributed by atoms with Crippen LogP contribution < -0.4 is 31.4 Å². The predicted octanol–water partition coefficient (Wildman–Crippen LogP) is 9.43. The second-order valence-corrected chi connectivity index (χ2v) is 13.5. The van der Waals surface area contributed by atoms with Crippen molar-refractivity contribution in [3.05, 3.63) is 188 Å². The van der Waals surface area contributed by atoms with Gasteiger partial charge in [-0.2, -0.15) is 0 Å². The van der Waals surface area contributed by atoms with Crippen LogP contribution in [0.3, 0.4) is 0 Å². The molecule has 0 bridgehead atoms. The quantitative estimate of drug-likeness (QED) is 0.0533. The molecule has 0 amide bonds. The fourth-order valence-electron chi connectivity index (χ4n) is 6.98. The summed E-state index contributed by atoms with van der Waals surface area (Å²) in [5.41, 5.74) is -11.9. The summed E-state index contributed by atoms with van der Waals surface area (Å²) in [6, 6.07) is 16.4. The van der Waals surface area contributed by atoms with Gasteiger partial charge in [0.15, 0.2) is 69.8 Å². The van der Waals surface area contributed by atoms with Crippen LogP contribution in [-0.2, 0) is 0 Å². The molecule has 0 aliphatic rings. The number of fused-ring (bicyclic) bond motifs is 1. The maximum absolute atomic E-state index is 15.4. The van der Waals surface area contributed by atoms with E-state index < -0.39 is 144 Å². The summed E-state index contributed by atoms with van der Waals surface area (Å²) in [5.74, 6) is -70.5. The molecule has 0 N–H and O–H groups in total. The third-order valence-electron chi connectivity index (χ3n) is 10.1. The maximum Gasteiger partial charge on any atom is 0.230 e. The molecule has 0 saturated carbocycles. The summed E-state index contributed by atoms with van der Waals surface area (Å²) in [7, 11) is 0. The van der Waals surface area contributed by atoms with Crippen molar-refractivity contribution >= 4 is 38.8 Å². The lowest BCUT2D eigenvalue weighted by atomic mass is 9.12. The molecular formula is C41H16BF20NO. The van der Waals surface area contributed by atoms with Gasteiger partial charge in [0.2, 0.25) is 18.1 Å². The number of aromatic nitrogens is 1. The number of aryl methyl sites for hydroxylation is 1. The summed E-state index contributed by atoms with van der Waals surface area (Å²) >= 11 is 0. The molecule has 0 saturated heterocycles. The van der Waals surface area contributed by atoms with Crippen LogP contribution >= 0.6 is 0 Å². The van der Waals surface area contributed by atoms with Crippen molar-refractivity contribution in [2.45, 2.75) is 13.8 Å². The standard InChI is InChI=1S/C24BF20.C17H16NO/c26-5-1(6(27)14(35)21(42)13(5)34)25(2-7(28)15(36)22(43)16(37)8(2)29,3-9(30)17(38)23(44)18(39)10(3)31)4-11(32)19(40)24(45)20(41)12(4)33;1-13-6-5-9-17(14(13)2)19-18-11-10-15-7-3-4-8-16(15)12-18/h;3-12H,1-2H3/q-1;+1. The Hall–Kier alpha value is -6.81. The number of benzene rings is 6. The lowest BCUT2D eigenvalue weighted by Gasteiger charge is -2.44. The molecule has 334 valence electrons. The van der Waals surface area contributed by atoms with Gasteiger partial charge in [0, 0.05) is 16.4 Å². The van der Waals surface area contributed by atoms with Gasteiger partial charge in [-0.1, -0.05) is 30.3 Å². The summed E-state index contributed by atoms with van der Waals surface area (Å²) in [6.07, 6.45) is -3.29. The summed E-state index contributed by atoms with van der Waals surface area (Å²) in [6.45, 7) is 4.17. The Kier molecular flexibility index (Phi) is 12.4. The molecule has 1 heterocycles. The Bertz CT molecular complexity index is 2690. The van der Waals surface area contributed by atoms with Crippen LogP contribution in [0.25, 0.3) is 10.8 Å². The van der Waals surface area contributed by atoms with Crippen molar-refractivity contribution in [3.63, 3.8) is 0 Å². The molecule has 1 aromatic heterocycles. The highest BCUT2D eigenvalue weighted by Gasteiger charge is 2.52. The van der Waals surface area contributed by atoms with Crippen molar-refractivity contribution in [2.24, 2.45) is 0 Å². The highest BCUT2D eigenvalue weighted by molar-refractivity contribution is 7.20. The van der Waals surface area contributed by atoms with Gasteiger partial charge >= 0.3 is 0 Å². The third kappa shape index (κ3) is 7.09. The predicted molar refractivity (Wildman–Crippen MR) is 185 cm³/mol. The highest BCUT2D eigenvalue weighted by atomic mass is 19.2. The minimum Gasteiger partial charge on any atom is -0.231 e. The molecule has 0 unspecified atom stereocenters. The highest BCUT2D eigenvalue weighted by Crippen LogP contribution is 2.31. The molecule has 0 spiro atoms. The second kappa shape index (κ2) is 17.1. The largest absolute Gasteiger partial charge is 0.231 e. The minimum atomic E-state index is -7.22. The van der Waals surface area contributed by atoms with E-state index in [0.717, 1.165) is 11.1 Å². The Balaban J connectivity index is 0.000000295. The second-order valence-electron chi connectivity index (χ2n) is 13.5. The van der Waals surface area contributed by atoms with Gasteiger partial charge in [0.25, 0.3) is 0 Å². The van der Waals surface area contributed by atoms with Crippen molar-refractivity contribution < 1.29 is 97.4 Å². The van der Waals surface area contributed by atoms with E-state index in [1.54, 1.807) is 4.73 Å². The zero-order valence-electron chi connectivity index (χ0n) is 31.3. The average molecular weight is 929 g/mol. The zero-order valence-corrected chi connectivity index (χ0v) is 31.3. The Morgan fingerprint density at radius 2 is 0.641 bits per heavy atom. The van der Waals surface area contributed by atoms with E-state index >= 15 is 35.1 Å². The molecule has 6 aromatic carbocycles. The van der Waals surface area contributed by atoms with Crippen LogP contribution in [0, 0.1) is 130 Å². The van der Waals surface area contributed by atoms with Gasteiger partial charge in [-0.3, -0.25) is 0 Å². The fourth-order valence-corrected chi connectivity index (χ4v) is 6.98. The SMILES string of the molecule is Cc1cccc(O[n+]2ccc3ccccc3c2)c1C.Fc1c(F)c(F)c([B-](c2c(F)c(F)c(F)c(F)c2F)(c2c(F)c(F)c(F)c(F)c2F)c2c(F)c(F)c(F)c(F)c2F)c(F)c1F. The monoisotopic (exact) mass is 929 g/mol. The van der Waals surface area contributed by atoms with Crippen LogP contribution in [0.5, 0.6) is 5.75 Å². The van der Waals surface area contributed by atoms with Gasteiger partial charge < -0.3 is 0 Å². The lowest BCUT2D eigenvalue weighted by molar-refractivity contribution is -0.874. The molecule has 0 aliphatic heterocycles. The normalized spacial score (nSPS) is 11.6. The summed E-state index contributed by atoms with van der Waals surface area (Å²) in [4.78, 5) is 5.91. The Morgan fingerprint density at radius 3 is 0.969 bits per heavy atom. The topological polar surface area (TPSA) is 13.1 Å². The number of rotatable bonds is 6. The van der Waals surface area contributed by atoms with Crippen molar-refractivity contribution in [1.29, 1.82) is 0 Å². The summed E-state index contributed by atoms with van der Waals surface area (Å²) in [5, 5.41) is 2.37. The molecule has 2 nitrogen and oxygen atoms in total. The van der Waals surface area contributed by atoms with E-state index in [4.69, 9.17) is 4.84 Å². The first-order chi connectivity index (χ1) is 29.9. The van der Waals surface area contributed by atoms with E-state index in [-0.39, 0.29) is 0 Å². The van der Waals surface area contributed by atoms with Crippen LogP contribution in [-0.4, -0.2) is 6.15 Å². The van der Waals surface area contributed by atoms with Gasteiger partial charge in [0.1, 0.15) is 52.7 Å². The van der Waals surface area contributed by atoms with E-state index in [1.807, 2.05) is 36.7 Å². The molecule has 0 radical (unpaired) electrons. The summed E-state index contributed by atoms with van der Waals surface area (Å²) < 4.78 is 296. The number of hydrogen-bond acceptors (Lipinski definition) is 1. The van der Waals surface area contributed by atoms with Crippen molar-refractivity contribution in [1.82, 2.24) is 0 Å². The van der Waals surface area contributed by atoms with E-state index in [1.165, 1.54) is 16.5 Å². The van der Waals surface area contributed by atoms with Gasteiger partial charge in [-0.05, 0) is 36.9 Å². The van der Waals surface area contributed by atoms with Crippen LogP contribution in [0.2, 0.25) is 0 Å². The molecule has 0 fully saturated rings. The smallest absolute Gasteiger partial charge is 0.230 e. The molecule has 64 heavy (non-hydrogen) atoms. The third-order valence-corrected chi connectivity index (χ3v) is 10.1. The molecular weight excluding hydrogens is 913 g/mol. The minimum absolute atomic E-state index is 0.889. The molecule has 23 heteroatoms. The van der Waals surface area contributed by atoms with Gasteiger partial charge in [0.05, 0.1) is 5.39 Å². The van der Waals surface area contributed by atoms with Gasteiger partial charge in [-0.25, -0.2) is 92.6 Å². The number of halogens is 20. The van der Waals surface area contributed by atoms with Gasteiger partial charge in [-0.15, -0.1) is 21.9 Å². The molecule has 0 atom stereocenters. The first kappa shape index (κ1) is 46.7. The van der Waals surface area contributed by atoms with Crippen LogP contribution in [0.1, 0.15) is 11.1 Å². The fraction of sp³-hybridized carbons (Fsp3) is 0.0488. The molecule has 7 aromatic rings. The first-order valence-electron chi connectivity index (χ1n) is 17.3. The number of hydrogen-bond donors (Lipinski definition) is 0. The van der Waals surface area contributed by atoms with Crippen molar-refractivity contribution in [2.75, 3.05) is 0 Å². The van der Waals surface area contributed by atoms with E-state index in [9.17, 15) is 52.7 Å². The number of pyridine rings is 1. The first-order valence-corrected chi connectivity index (χ1v) is 17.3. The maximum atomic E-state index is 15.4. The van der Waals surface area contributed by atoms with Crippen molar-refractivity contribution in [3.8, 4) is 5.75 Å². The Labute approximate surface area is 344 Å². The Morgan fingerprint density at radius 1 is 0.344 bits per heavy atom. The van der Waals surface area contributed by atoms with E-state index in [0.29, 0.717) is 0 Å². The zero-order chi connectivity index (χ0) is 47.6. The molecule has 7 rings (SSSR count).